The van der Waals surface area contributed by atoms with Gasteiger partial charge in [0.2, 0.25) is 5.91 Å². The summed E-state index contributed by atoms with van der Waals surface area (Å²) >= 11 is 0. The van der Waals surface area contributed by atoms with E-state index in [9.17, 15) is 34.2 Å². The predicted octanol–water partition coefficient (Wildman–Crippen LogP) is 1.93. The topological polar surface area (TPSA) is 155 Å². The molecule has 0 bridgehead atoms. The van der Waals surface area contributed by atoms with Crippen LogP contribution in [-0.2, 0) is 25.6 Å². The number of carbonyl (C=O) groups excluding carboxylic acids is 5. The van der Waals surface area contributed by atoms with Gasteiger partial charge in [-0.15, -0.1) is 0 Å². The maximum absolute atomic E-state index is 14.3. The zero-order valence-corrected chi connectivity index (χ0v) is 23.5. The van der Waals surface area contributed by atoms with Crippen LogP contribution in [0.5, 0.6) is 5.75 Å². The molecule has 0 saturated heterocycles. The fourth-order valence-corrected chi connectivity index (χ4v) is 8.12. The molecular weight excluding hydrogens is 512 g/mol. The number of aromatic hydroxyl groups is 1. The monoisotopic (exact) mass is 546 g/mol. The lowest BCUT2D eigenvalue weighted by molar-refractivity contribution is -0.203. The Bertz CT molecular complexity index is 1520. The Labute approximate surface area is 232 Å². The van der Waals surface area contributed by atoms with Gasteiger partial charge in [0.15, 0.2) is 34.7 Å². The Hall–Kier alpha value is -3.69. The van der Waals surface area contributed by atoms with Crippen molar-refractivity contribution in [2.45, 2.75) is 52.2 Å². The van der Waals surface area contributed by atoms with Gasteiger partial charge in [-0.25, -0.2) is 0 Å². The third-order valence-electron chi connectivity index (χ3n) is 9.40. The molecule has 5 rings (SSSR count). The molecule has 3 aliphatic carbocycles. The predicted molar refractivity (Wildman–Crippen MR) is 146 cm³/mol. The van der Waals surface area contributed by atoms with Crippen LogP contribution in [0.4, 0.5) is 0 Å². The number of Topliss-reactive ketones (excluding diaryl/α,β-unsaturated/α-hetero) is 4. The van der Waals surface area contributed by atoms with Gasteiger partial charge in [0.1, 0.15) is 5.75 Å². The minimum atomic E-state index is -2.81. The van der Waals surface area contributed by atoms with Gasteiger partial charge < -0.3 is 15.9 Å². The second-order valence-corrected chi connectivity index (χ2v) is 12.6. The molecular formula is C31H34N2O7. The van der Waals surface area contributed by atoms with Crippen LogP contribution in [0.1, 0.15) is 47.3 Å². The van der Waals surface area contributed by atoms with E-state index in [1.165, 1.54) is 17.9 Å². The minimum absolute atomic E-state index is 0.0189. The molecule has 0 aliphatic heterocycles. The number of nitrogens with zero attached hydrogens (tertiary/aromatic N) is 1. The molecule has 4 N–H and O–H groups in total. The number of hydrogen-bond acceptors (Lipinski definition) is 8. The molecule has 2 saturated carbocycles. The second kappa shape index (κ2) is 8.65. The maximum Gasteiger partial charge on any atom is 0.235 e. The molecule has 2 aromatic rings. The quantitative estimate of drug-likeness (QED) is 0.494. The number of primary amides is 1. The molecule has 2 unspecified atom stereocenters. The van der Waals surface area contributed by atoms with Crippen molar-refractivity contribution in [2.24, 2.45) is 28.4 Å². The Balaban J connectivity index is 1.75. The van der Waals surface area contributed by atoms with Crippen molar-refractivity contribution in [3.05, 3.63) is 52.6 Å². The van der Waals surface area contributed by atoms with Crippen LogP contribution in [0.3, 0.4) is 0 Å². The average molecular weight is 547 g/mol. The van der Waals surface area contributed by atoms with E-state index in [0.29, 0.717) is 5.56 Å². The minimum Gasteiger partial charge on any atom is -0.507 e. The summed E-state index contributed by atoms with van der Waals surface area (Å²) in [5, 5.41) is 22.9. The Morgan fingerprint density at radius 1 is 1.00 bits per heavy atom. The Kier molecular flexibility index (Phi) is 6.03. The number of nitrogens with two attached hydrogens (primary N) is 1. The summed E-state index contributed by atoms with van der Waals surface area (Å²) in [5.74, 6) is -8.88. The van der Waals surface area contributed by atoms with E-state index >= 15 is 0 Å². The number of carbonyl (C=O) groups is 5. The Morgan fingerprint density at radius 3 is 2.15 bits per heavy atom. The van der Waals surface area contributed by atoms with Crippen LogP contribution in [0.25, 0.3) is 11.1 Å². The lowest BCUT2D eigenvalue weighted by Gasteiger charge is -2.61. The fourth-order valence-electron chi connectivity index (χ4n) is 8.12. The molecule has 6 atom stereocenters. The zero-order chi connectivity index (χ0) is 29.7. The molecule has 2 aromatic carbocycles. The highest BCUT2D eigenvalue weighted by atomic mass is 16.3. The molecule has 9 heteroatoms. The Morgan fingerprint density at radius 2 is 1.60 bits per heavy atom. The number of ketones is 4. The number of aliphatic hydroxyl groups is 1. The van der Waals surface area contributed by atoms with Crippen LogP contribution in [-0.4, -0.2) is 69.9 Å². The second-order valence-electron chi connectivity index (χ2n) is 12.6. The summed E-state index contributed by atoms with van der Waals surface area (Å²) in [6.45, 7) is 7.17. The largest absolute Gasteiger partial charge is 0.507 e. The number of aryl methyl sites for hydroxylation is 2. The third kappa shape index (κ3) is 3.43. The van der Waals surface area contributed by atoms with Crippen molar-refractivity contribution >= 4 is 29.0 Å². The van der Waals surface area contributed by atoms with Crippen molar-refractivity contribution < 1.29 is 34.2 Å². The summed E-state index contributed by atoms with van der Waals surface area (Å²) in [5.41, 5.74) is 4.01. The zero-order valence-electron chi connectivity index (χ0n) is 23.5. The summed E-state index contributed by atoms with van der Waals surface area (Å²) in [4.78, 5) is 69.4. The van der Waals surface area contributed by atoms with Crippen molar-refractivity contribution in [3.63, 3.8) is 0 Å². The summed E-state index contributed by atoms with van der Waals surface area (Å²) in [7, 11) is 3.14. The first-order chi connectivity index (χ1) is 18.5. The van der Waals surface area contributed by atoms with Crippen LogP contribution in [0.2, 0.25) is 0 Å². The molecule has 0 aromatic heterocycles. The average Bonchev–Trinajstić information content (AvgIpc) is 2.80. The van der Waals surface area contributed by atoms with Gasteiger partial charge in [0, 0.05) is 5.41 Å². The van der Waals surface area contributed by atoms with Crippen molar-refractivity contribution in [2.75, 3.05) is 14.1 Å². The van der Waals surface area contributed by atoms with E-state index in [4.69, 9.17) is 5.73 Å². The van der Waals surface area contributed by atoms with Gasteiger partial charge in [-0.2, -0.15) is 0 Å². The van der Waals surface area contributed by atoms with Gasteiger partial charge in [-0.05, 0) is 69.0 Å². The van der Waals surface area contributed by atoms with E-state index in [1.54, 1.807) is 27.1 Å². The molecule has 210 valence electrons. The molecule has 9 nitrogen and oxygen atoms in total. The van der Waals surface area contributed by atoms with E-state index in [0.717, 1.165) is 22.3 Å². The third-order valence-corrected chi connectivity index (χ3v) is 9.40. The molecule has 40 heavy (non-hydrogen) atoms. The number of phenolic OH excluding ortho intramolecular Hbond substituents is 1. The van der Waals surface area contributed by atoms with E-state index in [2.05, 4.69) is 0 Å². The SMILES string of the molecule is Cc1cc(C)cc(-c2ccc(O)c3c2C[C@@]2(C)C[C@@]4(C)[C@H](N(C)C)C(=O)C(C(N)=O)C(=O)[C@@]4(O)C(=O)C2C3=O)c1. The van der Waals surface area contributed by atoms with Gasteiger partial charge in [0.25, 0.3) is 0 Å². The lowest BCUT2D eigenvalue weighted by atomic mass is 9.42. The van der Waals surface area contributed by atoms with Crippen molar-refractivity contribution in [3.8, 4) is 16.9 Å². The van der Waals surface area contributed by atoms with Crippen molar-refractivity contribution in [1.82, 2.24) is 4.90 Å². The highest BCUT2D eigenvalue weighted by molar-refractivity contribution is 6.33. The highest BCUT2D eigenvalue weighted by Gasteiger charge is 2.76. The van der Waals surface area contributed by atoms with Crippen LogP contribution >= 0.6 is 0 Å². The number of phenols is 1. The molecule has 2 fully saturated rings. The fraction of sp³-hybridized carbons (Fsp3) is 0.452. The number of hydrogen-bond donors (Lipinski definition) is 3. The molecule has 1 amide bonds. The first kappa shape index (κ1) is 27.9. The molecule has 0 spiro atoms. The summed E-state index contributed by atoms with van der Waals surface area (Å²) in [6, 6.07) is 7.95. The standard InChI is InChI=1S/C31H34N2O7/c1-14-9-15(2)11-16(10-14)17-7-8-19(34)20-18(17)12-29(3)13-30(4)25(33(5)6)24(36)21(28(32)39)26(37)31(30,40)27(38)22(29)23(20)35/h7-11,21-22,25,34,40H,12-13H2,1-6H3,(H2,32,39)/t21?,22?,25-,29+,30+,31-/m1/s1. The lowest BCUT2D eigenvalue weighted by Crippen LogP contribution is -2.79. The maximum atomic E-state index is 14.3. The highest BCUT2D eigenvalue weighted by Crippen LogP contribution is 2.62. The number of amides is 1. The number of fused-ring (bicyclic) bond motifs is 3. The molecule has 0 radical (unpaired) electrons. The summed E-state index contributed by atoms with van der Waals surface area (Å²) in [6.07, 6.45) is 0.125. The van der Waals surface area contributed by atoms with Crippen LogP contribution < -0.4 is 5.73 Å². The summed E-state index contributed by atoms with van der Waals surface area (Å²) < 4.78 is 0. The van der Waals surface area contributed by atoms with E-state index in [1.807, 2.05) is 32.0 Å². The molecule has 3 aliphatic rings. The van der Waals surface area contributed by atoms with Gasteiger partial charge in [-0.1, -0.05) is 49.2 Å². The van der Waals surface area contributed by atoms with Gasteiger partial charge in [-0.3, -0.25) is 28.9 Å². The first-order valence-corrected chi connectivity index (χ1v) is 13.3. The molecule has 0 heterocycles. The van der Waals surface area contributed by atoms with E-state index in [-0.39, 0.29) is 24.2 Å². The number of benzene rings is 2. The van der Waals surface area contributed by atoms with Crippen molar-refractivity contribution in [1.29, 1.82) is 0 Å². The number of rotatable bonds is 3. The van der Waals surface area contributed by atoms with Gasteiger partial charge >= 0.3 is 0 Å². The van der Waals surface area contributed by atoms with E-state index < -0.39 is 63.3 Å². The first-order valence-electron chi connectivity index (χ1n) is 13.3. The normalized spacial score (nSPS) is 33.5. The van der Waals surface area contributed by atoms with Crippen LogP contribution in [0.15, 0.2) is 30.3 Å². The van der Waals surface area contributed by atoms with Gasteiger partial charge in [0.05, 0.1) is 17.5 Å². The van der Waals surface area contributed by atoms with Crippen LogP contribution in [0, 0.1) is 36.5 Å². The smallest absolute Gasteiger partial charge is 0.235 e. The number of likely N-dealkylation sites (N-methyl/N-ethyl adjacent to an activating group) is 1.